The Bertz CT molecular complexity index is 882. The summed E-state index contributed by atoms with van der Waals surface area (Å²) in [6, 6.07) is 7.26. The van der Waals surface area contributed by atoms with Gasteiger partial charge in [-0.05, 0) is 18.7 Å². The minimum absolute atomic E-state index is 0.118. The summed E-state index contributed by atoms with van der Waals surface area (Å²) < 4.78 is 5.85. The maximum absolute atomic E-state index is 12.8. The minimum atomic E-state index is -0.767. The quantitative estimate of drug-likeness (QED) is 0.876. The van der Waals surface area contributed by atoms with Gasteiger partial charge in [0.15, 0.2) is 11.2 Å². The van der Waals surface area contributed by atoms with Gasteiger partial charge in [0.05, 0.1) is 17.9 Å². The lowest BCUT2D eigenvalue weighted by molar-refractivity contribution is -0.123. The number of benzene rings is 1. The van der Waals surface area contributed by atoms with Crippen molar-refractivity contribution < 1.29 is 14.3 Å². The van der Waals surface area contributed by atoms with Crippen molar-refractivity contribution in [2.24, 2.45) is 0 Å². The van der Waals surface area contributed by atoms with E-state index in [1.807, 2.05) is 18.2 Å². The second-order valence-corrected chi connectivity index (χ2v) is 7.78. The third-order valence-electron chi connectivity index (χ3n) is 4.93. The zero-order valence-electron chi connectivity index (χ0n) is 15.4. The first-order valence-electron chi connectivity index (χ1n) is 9.10. The Balaban J connectivity index is 1.49. The molecule has 142 valence electrons. The molecule has 2 aliphatic rings. The summed E-state index contributed by atoms with van der Waals surface area (Å²) in [6.45, 7) is 6.71. The second-order valence-electron chi connectivity index (χ2n) is 6.70. The van der Waals surface area contributed by atoms with E-state index >= 15 is 0 Å². The average Bonchev–Trinajstić information content (AvgIpc) is 3.08. The van der Waals surface area contributed by atoms with Gasteiger partial charge in [0.1, 0.15) is 5.75 Å². The average molecular weight is 386 g/mol. The lowest BCUT2D eigenvalue weighted by atomic mass is 10.1. The highest BCUT2D eigenvalue weighted by Crippen LogP contribution is 2.34. The number of aromatic nitrogens is 1. The molecule has 7 nitrogen and oxygen atoms in total. The third-order valence-corrected chi connectivity index (χ3v) is 5.93. The van der Waals surface area contributed by atoms with Gasteiger partial charge < -0.3 is 9.64 Å². The van der Waals surface area contributed by atoms with Gasteiger partial charge in [-0.15, -0.1) is 11.3 Å². The standard InChI is InChI=1S/C19H22N4O3S/c1-3-22-9-8-13-17(11-22)27-19(20-13)21-18(25)16-10-23(12(2)24)14-6-4-5-7-15(14)26-16/h4-7,16H,3,8-11H2,1-2H3,(H,20,21,25). The number of amides is 2. The lowest BCUT2D eigenvalue weighted by Gasteiger charge is -2.33. The molecule has 0 radical (unpaired) electrons. The second kappa shape index (κ2) is 7.28. The van der Waals surface area contributed by atoms with Gasteiger partial charge in [-0.2, -0.15) is 0 Å². The van der Waals surface area contributed by atoms with Crippen molar-refractivity contribution in [1.29, 1.82) is 0 Å². The zero-order valence-corrected chi connectivity index (χ0v) is 16.2. The van der Waals surface area contributed by atoms with Gasteiger partial charge in [-0.3, -0.25) is 19.8 Å². The molecule has 3 heterocycles. The number of likely N-dealkylation sites (N-methyl/N-ethyl adjacent to an activating group) is 1. The van der Waals surface area contributed by atoms with Crippen LogP contribution in [0.2, 0.25) is 0 Å². The molecule has 27 heavy (non-hydrogen) atoms. The smallest absolute Gasteiger partial charge is 0.269 e. The Morgan fingerprint density at radius 2 is 2.19 bits per heavy atom. The van der Waals surface area contributed by atoms with Crippen LogP contribution in [0.1, 0.15) is 24.4 Å². The maximum Gasteiger partial charge on any atom is 0.269 e. The Hall–Kier alpha value is -2.45. The molecule has 1 unspecified atom stereocenters. The number of fused-ring (bicyclic) bond motifs is 2. The van der Waals surface area contributed by atoms with Crippen molar-refractivity contribution in [3.05, 3.63) is 34.8 Å². The molecule has 2 aliphatic heterocycles. The number of carbonyl (C=O) groups excluding carboxylic acids is 2. The molecule has 1 aromatic carbocycles. The molecule has 1 N–H and O–H groups in total. The topological polar surface area (TPSA) is 74.8 Å². The van der Waals surface area contributed by atoms with Crippen LogP contribution in [0.25, 0.3) is 0 Å². The predicted octanol–water partition coefficient (Wildman–Crippen LogP) is 2.27. The van der Waals surface area contributed by atoms with Gasteiger partial charge >= 0.3 is 0 Å². The lowest BCUT2D eigenvalue weighted by Crippen LogP contribution is -2.48. The zero-order chi connectivity index (χ0) is 19.0. The Morgan fingerprint density at radius 3 is 2.96 bits per heavy atom. The van der Waals surface area contributed by atoms with E-state index in [1.165, 1.54) is 23.1 Å². The van der Waals surface area contributed by atoms with Gasteiger partial charge in [0.25, 0.3) is 5.91 Å². The van der Waals surface area contributed by atoms with Gasteiger partial charge in [-0.25, -0.2) is 4.98 Å². The molecule has 0 bridgehead atoms. The SMILES string of the molecule is CCN1CCc2nc(NC(=O)C3CN(C(C)=O)c4ccccc4O3)sc2C1. The molecule has 2 aromatic rings. The summed E-state index contributed by atoms with van der Waals surface area (Å²) in [6.07, 6.45) is 0.137. The van der Waals surface area contributed by atoms with E-state index in [4.69, 9.17) is 4.74 Å². The number of hydrogen-bond acceptors (Lipinski definition) is 6. The fraction of sp³-hybridized carbons (Fsp3) is 0.421. The number of thiazole rings is 1. The Morgan fingerprint density at radius 1 is 1.37 bits per heavy atom. The van der Waals surface area contributed by atoms with E-state index < -0.39 is 6.10 Å². The highest BCUT2D eigenvalue weighted by molar-refractivity contribution is 7.15. The fourth-order valence-corrected chi connectivity index (χ4v) is 4.48. The summed E-state index contributed by atoms with van der Waals surface area (Å²) in [5.74, 6) is 0.137. The normalized spacial score (nSPS) is 19.0. The number of carbonyl (C=O) groups is 2. The van der Waals surface area contributed by atoms with Crippen LogP contribution in [0.15, 0.2) is 24.3 Å². The minimum Gasteiger partial charge on any atom is -0.476 e. The summed E-state index contributed by atoms with van der Waals surface area (Å²) in [5.41, 5.74) is 1.76. The molecule has 1 atom stereocenters. The Labute approximate surface area is 161 Å². The predicted molar refractivity (Wildman–Crippen MR) is 104 cm³/mol. The van der Waals surface area contributed by atoms with Crippen LogP contribution >= 0.6 is 11.3 Å². The summed E-state index contributed by atoms with van der Waals surface area (Å²) in [4.78, 5) is 34.5. The van der Waals surface area contributed by atoms with Crippen LogP contribution < -0.4 is 15.0 Å². The van der Waals surface area contributed by atoms with Crippen LogP contribution in [0, 0.1) is 0 Å². The van der Waals surface area contributed by atoms with Crippen LogP contribution in [0.3, 0.4) is 0 Å². The third kappa shape index (κ3) is 3.54. The van der Waals surface area contributed by atoms with E-state index in [1.54, 1.807) is 11.0 Å². The summed E-state index contributed by atoms with van der Waals surface area (Å²) in [5, 5.41) is 3.48. The summed E-state index contributed by atoms with van der Waals surface area (Å²) >= 11 is 1.52. The highest BCUT2D eigenvalue weighted by atomic mass is 32.1. The molecule has 0 aliphatic carbocycles. The van der Waals surface area contributed by atoms with Crippen LogP contribution in [0.5, 0.6) is 5.75 Å². The monoisotopic (exact) mass is 386 g/mol. The molecule has 0 spiro atoms. The molecule has 4 rings (SSSR count). The number of nitrogens with zero attached hydrogens (tertiary/aromatic N) is 3. The van der Waals surface area contributed by atoms with Crippen LogP contribution in [-0.2, 0) is 22.6 Å². The van der Waals surface area contributed by atoms with Crippen molar-refractivity contribution in [1.82, 2.24) is 9.88 Å². The van der Waals surface area contributed by atoms with E-state index in [0.29, 0.717) is 16.6 Å². The number of nitrogens with one attached hydrogen (secondary N) is 1. The van der Waals surface area contributed by atoms with E-state index in [2.05, 4.69) is 22.1 Å². The van der Waals surface area contributed by atoms with E-state index in [9.17, 15) is 9.59 Å². The first kappa shape index (κ1) is 17.9. The molecular formula is C19H22N4O3S. The van der Waals surface area contributed by atoms with Crippen molar-refractivity contribution in [3.8, 4) is 5.75 Å². The fourth-order valence-electron chi connectivity index (χ4n) is 3.43. The molecule has 2 amide bonds. The maximum atomic E-state index is 12.8. The van der Waals surface area contributed by atoms with Gasteiger partial charge in [0, 0.05) is 31.3 Å². The number of para-hydroxylation sites is 2. The molecular weight excluding hydrogens is 364 g/mol. The molecule has 0 saturated heterocycles. The summed E-state index contributed by atoms with van der Waals surface area (Å²) in [7, 11) is 0. The van der Waals surface area contributed by atoms with Gasteiger partial charge in [0.2, 0.25) is 5.91 Å². The molecule has 0 fully saturated rings. The van der Waals surface area contributed by atoms with E-state index in [-0.39, 0.29) is 18.4 Å². The first-order chi connectivity index (χ1) is 13.0. The molecule has 8 heteroatoms. The molecule has 0 saturated carbocycles. The van der Waals surface area contributed by atoms with Crippen LogP contribution in [0.4, 0.5) is 10.8 Å². The largest absolute Gasteiger partial charge is 0.476 e. The number of rotatable bonds is 3. The van der Waals surface area contributed by atoms with Crippen molar-refractivity contribution in [2.75, 3.05) is 29.9 Å². The van der Waals surface area contributed by atoms with Gasteiger partial charge in [-0.1, -0.05) is 19.1 Å². The first-order valence-corrected chi connectivity index (χ1v) is 9.92. The number of anilines is 2. The Kier molecular flexibility index (Phi) is 4.84. The van der Waals surface area contributed by atoms with Crippen molar-refractivity contribution in [2.45, 2.75) is 32.9 Å². The molecule has 1 aromatic heterocycles. The highest BCUT2D eigenvalue weighted by Gasteiger charge is 2.33. The van der Waals surface area contributed by atoms with Crippen molar-refractivity contribution >= 4 is 34.0 Å². The number of hydrogen-bond donors (Lipinski definition) is 1. The number of ether oxygens (including phenoxy) is 1. The van der Waals surface area contributed by atoms with Crippen molar-refractivity contribution in [3.63, 3.8) is 0 Å². The van der Waals surface area contributed by atoms with Crippen LogP contribution in [-0.4, -0.2) is 47.4 Å². The van der Waals surface area contributed by atoms with E-state index in [0.717, 1.165) is 31.7 Å².